The molecule has 0 spiro atoms. The van der Waals surface area contributed by atoms with Crippen LogP contribution in [0.15, 0.2) is 0 Å². The Morgan fingerprint density at radius 3 is 2.29 bits per heavy atom. The fourth-order valence-electron chi connectivity index (χ4n) is 1.16. The minimum absolute atomic E-state index is 0.163. The second-order valence-corrected chi connectivity index (χ2v) is 4.75. The highest BCUT2D eigenvalue weighted by atomic mass is 16.5. The first kappa shape index (κ1) is 15.9. The predicted molar refractivity (Wildman–Crippen MR) is 61.7 cm³/mol. The third kappa shape index (κ3) is 6.91. The number of hydrogen-bond acceptors (Lipinski definition) is 4. The lowest BCUT2D eigenvalue weighted by Crippen LogP contribution is -2.50. The lowest BCUT2D eigenvalue weighted by Gasteiger charge is -2.27. The Labute approximate surface area is 101 Å². The molecule has 1 atom stereocenters. The van der Waals surface area contributed by atoms with Crippen LogP contribution in [-0.2, 0) is 19.1 Å². The number of hydrogen-bond donors (Lipinski definition) is 2. The van der Waals surface area contributed by atoms with Gasteiger partial charge in [0.2, 0.25) is 5.91 Å². The summed E-state index contributed by atoms with van der Waals surface area (Å²) in [5.74, 6) is -1.49. The van der Waals surface area contributed by atoms with Gasteiger partial charge in [-0.1, -0.05) is 20.8 Å². The number of carbonyl (C=O) groups is 2. The highest BCUT2D eigenvalue weighted by Gasteiger charge is 2.32. The number of amides is 1. The SMILES string of the molecule is COCCOCC(=O)N[C@H](C(=O)O)C(C)(C)C. The van der Waals surface area contributed by atoms with Crippen LogP contribution >= 0.6 is 0 Å². The summed E-state index contributed by atoms with van der Waals surface area (Å²) in [6.45, 7) is 5.78. The van der Waals surface area contributed by atoms with Crippen LogP contribution in [0, 0.1) is 5.41 Å². The summed E-state index contributed by atoms with van der Waals surface area (Å²) in [6, 6.07) is -0.930. The average Bonchev–Trinajstić information content (AvgIpc) is 2.19. The standard InChI is InChI=1S/C11H21NO5/c1-11(2,3)9(10(14)15)12-8(13)7-17-6-5-16-4/h9H,5-7H2,1-4H3,(H,12,13)(H,14,15)/t9-/m1/s1. The molecular formula is C11H21NO5. The Bertz CT molecular complexity index is 259. The van der Waals surface area contributed by atoms with Gasteiger partial charge in [-0.2, -0.15) is 0 Å². The fraction of sp³-hybridized carbons (Fsp3) is 0.818. The summed E-state index contributed by atoms with van der Waals surface area (Å²) in [4.78, 5) is 22.4. The first-order valence-electron chi connectivity index (χ1n) is 5.38. The normalized spacial score (nSPS) is 13.2. The largest absolute Gasteiger partial charge is 0.480 e. The van der Waals surface area contributed by atoms with E-state index in [-0.39, 0.29) is 6.61 Å². The zero-order chi connectivity index (χ0) is 13.5. The third-order valence-corrected chi connectivity index (χ3v) is 2.08. The molecule has 6 nitrogen and oxygen atoms in total. The van der Waals surface area contributed by atoms with E-state index >= 15 is 0 Å². The maximum Gasteiger partial charge on any atom is 0.326 e. The van der Waals surface area contributed by atoms with Crippen molar-refractivity contribution in [3.63, 3.8) is 0 Å². The van der Waals surface area contributed by atoms with Gasteiger partial charge in [-0.05, 0) is 5.41 Å². The molecule has 0 saturated heterocycles. The molecule has 0 aliphatic heterocycles. The quantitative estimate of drug-likeness (QED) is 0.631. The molecule has 0 bridgehead atoms. The van der Waals surface area contributed by atoms with Gasteiger partial charge >= 0.3 is 5.97 Å². The van der Waals surface area contributed by atoms with Crippen LogP contribution in [-0.4, -0.2) is 50.0 Å². The lowest BCUT2D eigenvalue weighted by molar-refractivity contribution is -0.145. The van der Waals surface area contributed by atoms with Crippen molar-refractivity contribution in [3.05, 3.63) is 0 Å². The molecule has 0 aromatic rings. The summed E-state index contributed by atoms with van der Waals surface area (Å²) in [5.41, 5.74) is -0.548. The average molecular weight is 247 g/mol. The van der Waals surface area contributed by atoms with E-state index in [1.54, 1.807) is 20.8 Å². The number of carboxylic acids is 1. The number of aliphatic carboxylic acids is 1. The van der Waals surface area contributed by atoms with Crippen molar-refractivity contribution >= 4 is 11.9 Å². The monoisotopic (exact) mass is 247 g/mol. The van der Waals surface area contributed by atoms with Crippen molar-refractivity contribution in [2.75, 3.05) is 26.9 Å². The van der Waals surface area contributed by atoms with Crippen LogP contribution in [0.2, 0.25) is 0 Å². The summed E-state index contributed by atoms with van der Waals surface area (Å²) >= 11 is 0. The topological polar surface area (TPSA) is 84.9 Å². The van der Waals surface area contributed by atoms with E-state index in [4.69, 9.17) is 14.6 Å². The summed E-state index contributed by atoms with van der Waals surface area (Å²) in [7, 11) is 1.53. The van der Waals surface area contributed by atoms with Crippen molar-refractivity contribution in [1.29, 1.82) is 0 Å². The van der Waals surface area contributed by atoms with Gasteiger partial charge < -0.3 is 19.9 Å². The molecule has 0 unspecified atom stereocenters. The molecule has 0 saturated carbocycles. The van der Waals surface area contributed by atoms with Gasteiger partial charge in [-0.25, -0.2) is 4.79 Å². The van der Waals surface area contributed by atoms with Gasteiger partial charge in [0, 0.05) is 7.11 Å². The Morgan fingerprint density at radius 2 is 1.88 bits per heavy atom. The molecule has 0 aromatic carbocycles. The smallest absolute Gasteiger partial charge is 0.326 e. The van der Waals surface area contributed by atoms with Gasteiger partial charge in [-0.15, -0.1) is 0 Å². The highest BCUT2D eigenvalue weighted by molar-refractivity contribution is 5.84. The molecule has 17 heavy (non-hydrogen) atoms. The highest BCUT2D eigenvalue weighted by Crippen LogP contribution is 2.19. The van der Waals surface area contributed by atoms with Crippen molar-refractivity contribution < 1.29 is 24.2 Å². The number of rotatable bonds is 7. The zero-order valence-corrected chi connectivity index (χ0v) is 10.8. The van der Waals surface area contributed by atoms with Gasteiger partial charge in [0.25, 0.3) is 0 Å². The van der Waals surface area contributed by atoms with E-state index in [2.05, 4.69) is 5.32 Å². The zero-order valence-electron chi connectivity index (χ0n) is 10.8. The molecule has 0 aliphatic carbocycles. The maximum absolute atomic E-state index is 11.4. The molecular weight excluding hydrogens is 226 g/mol. The van der Waals surface area contributed by atoms with Gasteiger partial charge in [0.1, 0.15) is 12.6 Å². The van der Waals surface area contributed by atoms with E-state index in [9.17, 15) is 9.59 Å². The predicted octanol–water partition coefficient (Wildman–Crippen LogP) is 0.265. The minimum atomic E-state index is -1.05. The van der Waals surface area contributed by atoms with Gasteiger partial charge in [-0.3, -0.25) is 4.79 Å². The van der Waals surface area contributed by atoms with Crippen molar-refractivity contribution in [3.8, 4) is 0 Å². The van der Waals surface area contributed by atoms with Crippen molar-refractivity contribution in [2.24, 2.45) is 5.41 Å². The van der Waals surface area contributed by atoms with Crippen LogP contribution in [0.25, 0.3) is 0 Å². The van der Waals surface area contributed by atoms with E-state index in [0.29, 0.717) is 13.2 Å². The Balaban J connectivity index is 4.11. The lowest BCUT2D eigenvalue weighted by atomic mass is 9.87. The van der Waals surface area contributed by atoms with Gasteiger partial charge in [0.15, 0.2) is 0 Å². The van der Waals surface area contributed by atoms with E-state index in [1.807, 2.05) is 0 Å². The summed E-state index contributed by atoms with van der Waals surface area (Å²) in [6.07, 6.45) is 0. The third-order valence-electron chi connectivity index (χ3n) is 2.08. The maximum atomic E-state index is 11.4. The van der Waals surface area contributed by atoms with E-state index < -0.39 is 23.3 Å². The number of ether oxygens (including phenoxy) is 2. The van der Waals surface area contributed by atoms with Crippen molar-refractivity contribution in [2.45, 2.75) is 26.8 Å². The molecule has 2 N–H and O–H groups in total. The second kappa shape index (κ2) is 7.24. The minimum Gasteiger partial charge on any atom is -0.480 e. The van der Waals surface area contributed by atoms with Crippen LogP contribution in [0.5, 0.6) is 0 Å². The van der Waals surface area contributed by atoms with Crippen LogP contribution in [0.3, 0.4) is 0 Å². The van der Waals surface area contributed by atoms with Crippen molar-refractivity contribution in [1.82, 2.24) is 5.32 Å². The molecule has 100 valence electrons. The molecule has 0 heterocycles. The number of nitrogens with one attached hydrogen (secondary N) is 1. The van der Waals surface area contributed by atoms with E-state index in [1.165, 1.54) is 7.11 Å². The van der Waals surface area contributed by atoms with Crippen LogP contribution in [0.4, 0.5) is 0 Å². The molecule has 0 aliphatic rings. The molecule has 6 heteroatoms. The number of carboxylic acid groups (broad SMARTS) is 1. The van der Waals surface area contributed by atoms with Gasteiger partial charge in [0.05, 0.1) is 13.2 Å². The molecule has 0 radical (unpaired) electrons. The van der Waals surface area contributed by atoms with E-state index in [0.717, 1.165) is 0 Å². The Hall–Kier alpha value is -1.14. The molecule has 1 amide bonds. The second-order valence-electron chi connectivity index (χ2n) is 4.75. The molecule has 0 rings (SSSR count). The number of carbonyl (C=O) groups excluding carboxylic acids is 1. The molecule has 0 fully saturated rings. The Kier molecular flexibility index (Phi) is 6.75. The summed E-state index contributed by atoms with van der Waals surface area (Å²) < 4.78 is 9.75. The van der Waals surface area contributed by atoms with Crippen LogP contribution in [0.1, 0.15) is 20.8 Å². The first-order chi connectivity index (χ1) is 7.79. The number of methoxy groups -OCH3 is 1. The first-order valence-corrected chi connectivity index (χ1v) is 5.38. The van der Waals surface area contributed by atoms with Crippen LogP contribution < -0.4 is 5.32 Å². The Morgan fingerprint density at radius 1 is 1.29 bits per heavy atom. The summed E-state index contributed by atoms with van der Waals surface area (Å²) in [5, 5.41) is 11.4. The fourth-order valence-corrected chi connectivity index (χ4v) is 1.16. The molecule has 0 aromatic heterocycles.